The Balaban J connectivity index is 1.76. The summed E-state index contributed by atoms with van der Waals surface area (Å²) in [6.45, 7) is 2.11. The van der Waals surface area contributed by atoms with Gasteiger partial charge in [0.25, 0.3) is 0 Å². The van der Waals surface area contributed by atoms with E-state index < -0.39 is 0 Å². The van der Waals surface area contributed by atoms with E-state index >= 15 is 0 Å². The second kappa shape index (κ2) is 4.77. The zero-order valence-corrected chi connectivity index (χ0v) is 12.0. The molecule has 0 unspecified atom stereocenters. The monoisotopic (exact) mass is 301 g/mol. The smallest absolute Gasteiger partial charge is 0.0487 e. The van der Waals surface area contributed by atoms with E-state index in [0.29, 0.717) is 6.04 Å². The average molecular weight is 302 g/mol. The minimum atomic E-state index is 0.515. The Bertz CT molecular complexity index is 552. The molecule has 0 bridgehead atoms. The van der Waals surface area contributed by atoms with Gasteiger partial charge in [-0.15, -0.1) is 0 Å². The summed E-state index contributed by atoms with van der Waals surface area (Å²) in [7, 11) is 0. The van der Waals surface area contributed by atoms with Crippen molar-refractivity contribution in [3.63, 3.8) is 0 Å². The third-order valence-electron chi connectivity index (χ3n) is 3.54. The second-order valence-electron chi connectivity index (χ2n) is 5.00. The van der Waals surface area contributed by atoms with Gasteiger partial charge in [-0.2, -0.15) is 0 Å². The lowest BCUT2D eigenvalue weighted by Crippen LogP contribution is -2.19. The molecule has 3 rings (SSSR count). The quantitative estimate of drug-likeness (QED) is 0.870. The van der Waals surface area contributed by atoms with E-state index in [1.807, 2.05) is 0 Å². The maximum absolute atomic E-state index is 3.64. The fraction of sp³-hybridized carbons (Fsp3) is 0.250. The minimum Gasteiger partial charge on any atom is -0.381 e. The number of hydrogen-bond donors (Lipinski definition) is 1. The number of aryl methyl sites for hydroxylation is 1. The van der Waals surface area contributed by atoms with Crippen molar-refractivity contribution in [2.45, 2.75) is 25.8 Å². The standard InChI is InChI=1S/C16H16BrN/c1-11-6-7-16(15(17)8-11)18-14-9-12-4-2-3-5-13(12)10-14/h2-8,14,18H,9-10H2,1H3. The number of anilines is 1. The van der Waals surface area contributed by atoms with Crippen LogP contribution in [0.25, 0.3) is 0 Å². The van der Waals surface area contributed by atoms with Crippen molar-refractivity contribution in [1.29, 1.82) is 0 Å². The Morgan fingerprint density at radius 3 is 2.33 bits per heavy atom. The van der Waals surface area contributed by atoms with E-state index in [0.717, 1.165) is 17.3 Å². The summed E-state index contributed by atoms with van der Waals surface area (Å²) in [6, 6.07) is 15.7. The van der Waals surface area contributed by atoms with Gasteiger partial charge >= 0.3 is 0 Å². The van der Waals surface area contributed by atoms with E-state index in [2.05, 4.69) is 70.6 Å². The summed E-state index contributed by atoms with van der Waals surface area (Å²) in [4.78, 5) is 0. The maximum Gasteiger partial charge on any atom is 0.0487 e. The van der Waals surface area contributed by atoms with Gasteiger partial charge in [-0.1, -0.05) is 30.3 Å². The second-order valence-corrected chi connectivity index (χ2v) is 5.86. The molecule has 0 heterocycles. The van der Waals surface area contributed by atoms with Crippen LogP contribution in [0.2, 0.25) is 0 Å². The molecule has 0 spiro atoms. The molecule has 2 aromatic rings. The molecule has 0 saturated heterocycles. The Morgan fingerprint density at radius 2 is 1.72 bits per heavy atom. The molecular formula is C16H16BrN. The number of halogens is 1. The first-order valence-corrected chi connectivity index (χ1v) is 7.11. The molecule has 0 amide bonds. The molecule has 1 N–H and O–H groups in total. The van der Waals surface area contributed by atoms with E-state index in [1.54, 1.807) is 0 Å². The van der Waals surface area contributed by atoms with Gasteiger partial charge in [0, 0.05) is 16.2 Å². The molecule has 0 atom stereocenters. The third-order valence-corrected chi connectivity index (χ3v) is 4.19. The van der Waals surface area contributed by atoms with Crippen molar-refractivity contribution in [1.82, 2.24) is 0 Å². The van der Waals surface area contributed by atoms with E-state index in [9.17, 15) is 0 Å². The highest BCUT2D eigenvalue weighted by Crippen LogP contribution is 2.28. The highest BCUT2D eigenvalue weighted by Gasteiger charge is 2.20. The van der Waals surface area contributed by atoms with Gasteiger partial charge in [-0.05, 0) is 64.5 Å². The van der Waals surface area contributed by atoms with Gasteiger partial charge in [0.1, 0.15) is 0 Å². The molecular weight excluding hydrogens is 286 g/mol. The van der Waals surface area contributed by atoms with Gasteiger partial charge in [-0.3, -0.25) is 0 Å². The summed E-state index contributed by atoms with van der Waals surface area (Å²) in [5.74, 6) is 0. The first-order valence-electron chi connectivity index (χ1n) is 6.32. The molecule has 2 aromatic carbocycles. The maximum atomic E-state index is 3.64. The molecule has 0 aromatic heterocycles. The van der Waals surface area contributed by atoms with Crippen LogP contribution in [0.15, 0.2) is 46.9 Å². The van der Waals surface area contributed by atoms with Crippen molar-refractivity contribution in [2.75, 3.05) is 5.32 Å². The SMILES string of the molecule is Cc1ccc(NC2Cc3ccccc3C2)c(Br)c1. The normalized spacial score (nSPS) is 14.6. The van der Waals surface area contributed by atoms with Gasteiger partial charge in [-0.25, -0.2) is 0 Å². The van der Waals surface area contributed by atoms with Gasteiger partial charge in [0.15, 0.2) is 0 Å². The van der Waals surface area contributed by atoms with E-state index in [-0.39, 0.29) is 0 Å². The van der Waals surface area contributed by atoms with Crippen molar-refractivity contribution in [3.8, 4) is 0 Å². The Morgan fingerprint density at radius 1 is 1.06 bits per heavy atom. The summed E-state index contributed by atoms with van der Waals surface area (Å²) in [6.07, 6.45) is 2.24. The number of hydrogen-bond acceptors (Lipinski definition) is 1. The molecule has 0 fully saturated rings. The Kier molecular flexibility index (Phi) is 3.13. The third kappa shape index (κ3) is 2.30. The lowest BCUT2D eigenvalue weighted by atomic mass is 10.1. The predicted octanol–water partition coefficient (Wildman–Crippen LogP) is 4.34. The number of rotatable bonds is 2. The van der Waals surface area contributed by atoms with Crippen LogP contribution >= 0.6 is 15.9 Å². The fourth-order valence-corrected chi connectivity index (χ4v) is 3.23. The molecule has 18 heavy (non-hydrogen) atoms. The topological polar surface area (TPSA) is 12.0 Å². The van der Waals surface area contributed by atoms with Crippen LogP contribution in [0, 0.1) is 6.92 Å². The lowest BCUT2D eigenvalue weighted by Gasteiger charge is -2.15. The zero-order valence-electron chi connectivity index (χ0n) is 10.4. The van der Waals surface area contributed by atoms with E-state index in [1.165, 1.54) is 22.4 Å². The van der Waals surface area contributed by atoms with Crippen molar-refractivity contribution >= 4 is 21.6 Å². The van der Waals surface area contributed by atoms with Gasteiger partial charge in [0.05, 0.1) is 0 Å². The van der Waals surface area contributed by atoms with Crippen molar-refractivity contribution in [2.24, 2.45) is 0 Å². The van der Waals surface area contributed by atoms with Crippen LogP contribution in [0.3, 0.4) is 0 Å². The first-order chi connectivity index (χ1) is 8.72. The summed E-state index contributed by atoms with van der Waals surface area (Å²) < 4.78 is 1.15. The average Bonchev–Trinajstić information content (AvgIpc) is 2.75. The Hall–Kier alpha value is -1.28. The molecule has 1 aliphatic rings. The highest BCUT2D eigenvalue weighted by molar-refractivity contribution is 9.10. The van der Waals surface area contributed by atoms with Gasteiger partial charge in [0.2, 0.25) is 0 Å². The minimum absolute atomic E-state index is 0.515. The zero-order chi connectivity index (χ0) is 12.5. The number of nitrogens with one attached hydrogen (secondary N) is 1. The lowest BCUT2D eigenvalue weighted by molar-refractivity contribution is 0.773. The van der Waals surface area contributed by atoms with Crippen LogP contribution in [0.1, 0.15) is 16.7 Å². The molecule has 1 aliphatic carbocycles. The van der Waals surface area contributed by atoms with Crippen molar-refractivity contribution < 1.29 is 0 Å². The summed E-state index contributed by atoms with van der Waals surface area (Å²) in [5.41, 5.74) is 5.44. The number of fused-ring (bicyclic) bond motifs is 1. The van der Waals surface area contributed by atoms with Crippen molar-refractivity contribution in [3.05, 3.63) is 63.6 Å². The molecule has 2 heteroatoms. The molecule has 0 aliphatic heterocycles. The van der Waals surface area contributed by atoms with Crippen LogP contribution in [-0.2, 0) is 12.8 Å². The largest absolute Gasteiger partial charge is 0.381 e. The van der Waals surface area contributed by atoms with Gasteiger partial charge < -0.3 is 5.32 Å². The van der Waals surface area contributed by atoms with Crippen LogP contribution in [-0.4, -0.2) is 6.04 Å². The summed E-state index contributed by atoms with van der Waals surface area (Å²) >= 11 is 3.63. The highest BCUT2D eigenvalue weighted by atomic mass is 79.9. The predicted molar refractivity (Wildman–Crippen MR) is 80.1 cm³/mol. The van der Waals surface area contributed by atoms with Crippen LogP contribution in [0.4, 0.5) is 5.69 Å². The van der Waals surface area contributed by atoms with E-state index in [4.69, 9.17) is 0 Å². The first kappa shape index (κ1) is 11.8. The van der Waals surface area contributed by atoms with Crippen LogP contribution < -0.4 is 5.32 Å². The fourth-order valence-electron chi connectivity index (χ4n) is 2.62. The summed E-state index contributed by atoms with van der Waals surface area (Å²) in [5, 5.41) is 3.64. The molecule has 0 radical (unpaired) electrons. The molecule has 92 valence electrons. The molecule has 1 nitrogen and oxygen atoms in total. The number of benzene rings is 2. The van der Waals surface area contributed by atoms with Crippen LogP contribution in [0.5, 0.6) is 0 Å². The Labute approximate surface area is 116 Å². The molecule has 0 saturated carbocycles.